The molecular formula is C20H25N3O3S. The van der Waals surface area contributed by atoms with Crippen molar-refractivity contribution in [2.45, 2.75) is 26.2 Å². The molecule has 2 aromatic rings. The van der Waals surface area contributed by atoms with Crippen LogP contribution in [0.3, 0.4) is 0 Å². The molecule has 1 aliphatic heterocycles. The van der Waals surface area contributed by atoms with Gasteiger partial charge in [0.25, 0.3) is 0 Å². The van der Waals surface area contributed by atoms with Gasteiger partial charge in [-0.3, -0.25) is 9.59 Å². The van der Waals surface area contributed by atoms with Crippen molar-refractivity contribution in [2.24, 2.45) is 0 Å². The molecule has 0 radical (unpaired) electrons. The fourth-order valence-corrected chi connectivity index (χ4v) is 3.81. The van der Waals surface area contributed by atoms with Crippen LogP contribution in [0.25, 0.3) is 0 Å². The molecule has 0 atom stereocenters. The molecule has 0 bridgehead atoms. The maximum absolute atomic E-state index is 12.5. The van der Waals surface area contributed by atoms with E-state index in [1.807, 2.05) is 46.4 Å². The number of thiazole rings is 1. The molecule has 3 rings (SSSR count). The van der Waals surface area contributed by atoms with Gasteiger partial charge in [-0.15, -0.1) is 11.3 Å². The topological polar surface area (TPSA) is 62.7 Å². The zero-order chi connectivity index (χ0) is 19.2. The van der Waals surface area contributed by atoms with Crippen LogP contribution < -0.4 is 4.74 Å². The van der Waals surface area contributed by atoms with Crippen LogP contribution in [0.5, 0.6) is 5.75 Å². The van der Waals surface area contributed by atoms with Crippen molar-refractivity contribution in [3.8, 4) is 5.75 Å². The van der Waals surface area contributed by atoms with Gasteiger partial charge in [0.1, 0.15) is 5.75 Å². The predicted molar refractivity (Wildman–Crippen MR) is 105 cm³/mol. The highest BCUT2D eigenvalue weighted by Gasteiger charge is 2.24. The Morgan fingerprint density at radius 1 is 1.15 bits per heavy atom. The summed E-state index contributed by atoms with van der Waals surface area (Å²) < 4.78 is 5.22. The van der Waals surface area contributed by atoms with E-state index in [4.69, 9.17) is 4.74 Å². The van der Waals surface area contributed by atoms with Crippen molar-refractivity contribution in [2.75, 3.05) is 33.3 Å². The summed E-state index contributed by atoms with van der Waals surface area (Å²) in [4.78, 5) is 32.9. The number of aromatic nitrogens is 1. The zero-order valence-corrected chi connectivity index (χ0v) is 16.6. The number of nitrogens with zero attached hydrogens (tertiary/aromatic N) is 3. The van der Waals surface area contributed by atoms with Gasteiger partial charge in [-0.05, 0) is 31.0 Å². The lowest BCUT2D eigenvalue weighted by Gasteiger charge is -2.34. The Morgan fingerprint density at radius 3 is 2.48 bits per heavy atom. The number of ether oxygens (including phenoxy) is 1. The number of rotatable bonds is 6. The first kappa shape index (κ1) is 19.4. The smallest absolute Gasteiger partial charge is 0.228 e. The maximum atomic E-state index is 12.5. The van der Waals surface area contributed by atoms with Crippen molar-refractivity contribution in [1.82, 2.24) is 14.8 Å². The third-order valence-corrected chi connectivity index (χ3v) is 5.57. The van der Waals surface area contributed by atoms with Crippen molar-refractivity contribution in [1.29, 1.82) is 0 Å². The number of piperazine rings is 1. The molecule has 27 heavy (non-hydrogen) atoms. The minimum Gasteiger partial charge on any atom is -0.497 e. The molecule has 7 heteroatoms. The summed E-state index contributed by atoms with van der Waals surface area (Å²) in [6.45, 7) is 4.31. The molecule has 1 aliphatic rings. The normalized spacial score (nSPS) is 14.3. The lowest BCUT2D eigenvalue weighted by atomic mass is 10.1. The van der Waals surface area contributed by atoms with Crippen LogP contribution >= 0.6 is 11.3 Å². The van der Waals surface area contributed by atoms with E-state index in [0.717, 1.165) is 22.0 Å². The van der Waals surface area contributed by atoms with Gasteiger partial charge in [0.05, 0.1) is 24.2 Å². The molecule has 144 valence electrons. The Bertz CT molecular complexity index is 797. The van der Waals surface area contributed by atoms with Crippen molar-refractivity contribution in [3.63, 3.8) is 0 Å². The van der Waals surface area contributed by atoms with E-state index in [-0.39, 0.29) is 11.8 Å². The number of hydrogen-bond acceptors (Lipinski definition) is 5. The van der Waals surface area contributed by atoms with E-state index in [2.05, 4.69) is 4.98 Å². The van der Waals surface area contributed by atoms with E-state index in [0.29, 0.717) is 45.4 Å². The minimum atomic E-state index is 0.0868. The van der Waals surface area contributed by atoms with Crippen LogP contribution in [0.1, 0.15) is 22.7 Å². The molecule has 6 nitrogen and oxygen atoms in total. The van der Waals surface area contributed by atoms with Gasteiger partial charge >= 0.3 is 0 Å². The first-order chi connectivity index (χ1) is 13.0. The van der Waals surface area contributed by atoms with Gasteiger partial charge in [0.2, 0.25) is 11.8 Å². The van der Waals surface area contributed by atoms with Crippen LogP contribution in [0, 0.1) is 6.92 Å². The highest BCUT2D eigenvalue weighted by Crippen LogP contribution is 2.15. The fourth-order valence-electron chi connectivity index (χ4n) is 3.20. The predicted octanol–water partition coefficient (Wildman–Crippen LogP) is 2.31. The first-order valence-corrected chi connectivity index (χ1v) is 10.0. The van der Waals surface area contributed by atoms with Gasteiger partial charge in [0.15, 0.2) is 0 Å². The molecule has 2 amide bonds. The van der Waals surface area contributed by atoms with Crippen LogP contribution in [0.4, 0.5) is 0 Å². The molecule has 1 aromatic carbocycles. The van der Waals surface area contributed by atoms with E-state index in [9.17, 15) is 9.59 Å². The Balaban J connectivity index is 1.44. The quantitative estimate of drug-likeness (QED) is 0.763. The van der Waals surface area contributed by atoms with E-state index < -0.39 is 0 Å². The number of methoxy groups -OCH3 is 1. The molecule has 1 fully saturated rings. The van der Waals surface area contributed by atoms with Crippen LogP contribution in [0.2, 0.25) is 0 Å². The molecule has 1 aromatic heterocycles. The van der Waals surface area contributed by atoms with Crippen LogP contribution in [-0.2, 0) is 22.4 Å². The molecule has 1 saturated heterocycles. The standard InChI is InChI=1S/C20H25N3O3S/c1-15-21-17(14-27-15)13-20(25)23-10-8-22(9-11-23)19(24)7-6-16-4-3-5-18(12-16)26-2/h3-5,12,14H,6-11,13H2,1-2H3. The molecule has 0 saturated carbocycles. The Kier molecular flexibility index (Phi) is 6.45. The second kappa shape index (κ2) is 8.99. The molecular weight excluding hydrogens is 362 g/mol. The second-order valence-electron chi connectivity index (χ2n) is 6.65. The number of aryl methyl sites for hydroxylation is 2. The summed E-state index contributed by atoms with van der Waals surface area (Å²) in [6.07, 6.45) is 1.51. The summed E-state index contributed by atoms with van der Waals surface area (Å²) in [7, 11) is 1.64. The van der Waals surface area contributed by atoms with Gasteiger partial charge in [-0.25, -0.2) is 4.98 Å². The Hall–Kier alpha value is -2.41. The van der Waals surface area contributed by atoms with Gasteiger partial charge in [-0.2, -0.15) is 0 Å². The average molecular weight is 388 g/mol. The lowest BCUT2D eigenvalue weighted by molar-refractivity contribution is -0.139. The van der Waals surface area contributed by atoms with E-state index in [1.54, 1.807) is 18.4 Å². The highest BCUT2D eigenvalue weighted by molar-refractivity contribution is 7.09. The molecule has 0 aliphatic carbocycles. The zero-order valence-electron chi connectivity index (χ0n) is 15.8. The van der Waals surface area contributed by atoms with Crippen molar-refractivity contribution >= 4 is 23.2 Å². The molecule has 0 N–H and O–H groups in total. The van der Waals surface area contributed by atoms with Gasteiger partial charge in [0, 0.05) is 38.0 Å². The third-order valence-electron chi connectivity index (χ3n) is 4.75. The number of amides is 2. The monoisotopic (exact) mass is 387 g/mol. The van der Waals surface area contributed by atoms with Gasteiger partial charge in [-0.1, -0.05) is 12.1 Å². The number of hydrogen-bond donors (Lipinski definition) is 0. The van der Waals surface area contributed by atoms with Crippen LogP contribution in [-0.4, -0.2) is 59.9 Å². The highest BCUT2D eigenvalue weighted by atomic mass is 32.1. The summed E-state index contributed by atoms with van der Waals surface area (Å²) in [5, 5.41) is 2.91. The fraction of sp³-hybridized carbons (Fsp3) is 0.450. The minimum absolute atomic E-state index is 0.0868. The van der Waals surface area contributed by atoms with Crippen molar-refractivity contribution < 1.29 is 14.3 Å². The van der Waals surface area contributed by atoms with Crippen LogP contribution in [0.15, 0.2) is 29.6 Å². The SMILES string of the molecule is COc1cccc(CCC(=O)N2CCN(C(=O)Cc3csc(C)n3)CC2)c1. The average Bonchev–Trinajstić information content (AvgIpc) is 3.11. The largest absolute Gasteiger partial charge is 0.497 e. The number of benzene rings is 1. The molecule has 0 unspecified atom stereocenters. The Morgan fingerprint density at radius 2 is 1.85 bits per heavy atom. The number of carbonyl (C=O) groups is 2. The van der Waals surface area contributed by atoms with Crippen molar-refractivity contribution in [3.05, 3.63) is 45.9 Å². The maximum Gasteiger partial charge on any atom is 0.228 e. The summed E-state index contributed by atoms with van der Waals surface area (Å²) in [5.74, 6) is 1.03. The molecule has 2 heterocycles. The van der Waals surface area contributed by atoms with E-state index >= 15 is 0 Å². The summed E-state index contributed by atoms with van der Waals surface area (Å²) in [6, 6.07) is 7.80. The lowest BCUT2D eigenvalue weighted by Crippen LogP contribution is -2.51. The Labute approximate surface area is 163 Å². The summed E-state index contributed by atoms with van der Waals surface area (Å²) in [5.41, 5.74) is 1.93. The first-order valence-electron chi connectivity index (χ1n) is 9.14. The third kappa shape index (κ3) is 5.29. The van der Waals surface area contributed by atoms with E-state index in [1.165, 1.54) is 0 Å². The molecule has 0 spiro atoms. The van der Waals surface area contributed by atoms with Gasteiger partial charge < -0.3 is 14.5 Å². The number of carbonyl (C=O) groups excluding carboxylic acids is 2. The summed E-state index contributed by atoms with van der Waals surface area (Å²) >= 11 is 1.56. The second-order valence-corrected chi connectivity index (χ2v) is 7.71.